The van der Waals surface area contributed by atoms with Crippen molar-refractivity contribution in [1.29, 1.82) is 0 Å². The molecule has 0 fully saturated rings. The number of halogens is 1. The predicted octanol–water partition coefficient (Wildman–Crippen LogP) is 2.89. The molecule has 0 spiro atoms. The van der Waals surface area contributed by atoms with Gasteiger partial charge in [0.2, 0.25) is 0 Å². The lowest BCUT2D eigenvalue weighted by molar-refractivity contribution is 0.0593. The molecule has 31 heavy (non-hydrogen) atoms. The van der Waals surface area contributed by atoms with Crippen LogP contribution < -0.4 is 10.6 Å². The van der Waals surface area contributed by atoms with E-state index in [2.05, 4.69) is 30.6 Å². The summed E-state index contributed by atoms with van der Waals surface area (Å²) in [5.74, 6) is -0.683. The molecule has 9 heteroatoms. The Morgan fingerprint density at radius 2 is 2.10 bits per heavy atom. The second-order valence-electron chi connectivity index (χ2n) is 8.06. The summed E-state index contributed by atoms with van der Waals surface area (Å²) in [7, 11) is 3.32. The summed E-state index contributed by atoms with van der Waals surface area (Å²) in [6, 6.07) is 4.12. The summed E-state index contributed by atoms with van der Waals surface area (Å²) < 4.78 is 13.6. The number of hydrogen-bond acceptors (Lipinski definition) is 6. The number of nitrogens with one attached hydrogen (secondary N) is 3. The van der Waals surface area contributed by atoms with Gasteiger partial charge in [-0.15, -0.1) is 0 Å². The van der Waals surface area contributed by atoms with Gasteiger partial charge in [0.05, 0.1) is 23.1 Å². The number of fused-ring (bicyclic) bond motifs is 1. The van der Waals surface area contributed by atoms with Gasteiger partial charge in [-0.05, 0) is 45.4 Å². The minimum Gasteiger partial charge on any atom is -0.390 e. The van der Waals surface area contributed by atoms with Crippen LogP contribution in [0.25, 0.3) is 11.2 Å². The second kappa shape index (κ2) is 8.81. The zero-order valence-corrected chi connectivity index (χ0v) is 18.2. The molecule has 1 atom stereocenters. The van der Waals surface area contributed by atoms with Crippen molar-refractivity contribution in [2.45, 2.75) is 38.8 Å². The molecule has 0 bridgehead atoms. The molecule has 2 heterocycles. The number of aliphatic imine (C=N–C) groups is 1. The molecule has 0 radical (unpaired) electrons. The van der Waals surface area contributed by atoms with Crippen LogP contribution in [-0.4, -0.2) is 57.4 Å². The third-order valence-corrected chi connectivity index (χ3v) is 4.78. The number of hydrogen-bond donors (Lipinski definition) is 4. The van der Waals surface area contributed by atoms with Crippen LogP contribution in [0, 0.1) is 5.82 Å². The number of amides is 1. The van der Waals surface area contributed by atoms with Crippen molar-refractivity contribution in [2.24, 2.45) is 4.99 Å². The maximum atomic E-state index is 13.6. The molecule has 0 saturated carbocycles. The zero-order chi connectivity index (χ0) is 22.8. The molecule has 0 aliphatic rings. The fraction of sp³-hybridized carbons (Fsp3) is 0.364. The number of H-pyrrole nitrogens is 1. The van der Waals surface area contributed by atoms with Crippen molar-refractivity contribution in [1.82, 2.24) is 20.3 Å². The largest absolute Gasteiger partial charge is 0.390 e. The average Bonchev–Trinajstić information content (AvgIpc) is 3.11. The van der Waals surface area contributed by atoms with E-state index < -0.39 is 5.60 Å². The van der Waals surface area contributed by atoms with Crippen molar-refractivity contribution >= 4 is 28.5 Å². The Bertz CT molecular complexity index is 1130. The molecule has 0 saturated heterocycles. The van der Waals surface area contributed by atoms with E-state index in [0.29, 0.717) is 45.8 Å². The van der Waals surface area contributed by atoms with Gasteiger partial charge in [-0.2, -0.15) is 0 Å². The monoisotopic (exact) mass is 426 g/mol. The molecule has 0 aliphatic heterocycles. The van der Waals surface area contributed by atoms with Crippen molar-refractivity contribution < 1.29 is 14.3 Å². The number of carbonyl (C=O) groups is 1. The lowest BCUT2D eigenvalue weighted by Gasteiger charge is -2.22. The van der Waals surface area contributed by atoms with E-state index in [1.54, 1.807) is 46.4 Å². The van der Waals surface area contributed by atoms with E-state index in [0.717, 1.165) is 0 Å². The number of aromatic nitrogens is 3. The van der Waals surface area contributed by atoms with Crippen LogP contribution in [0.15, 0.2) is 35.6 Å². The molecule has 164 valence electrons. The van der Waals surface area contributed by atoms with E-state index in [-0.39, 0.29) is 17.8 Å². The van der Waals surface area contributed by atoms with Crippen molar-refractivity contribution in [3.63, 3.8) is 0 Å². The van der Waals surface area contributed by atoms with Crippen LogP contribution >= 0.6 is 0 Å². The average molecular weight is 426 g/mol. The van der Waals surface area contributed by atoms with E-state index >= 15 is 0 Å². The van der Waals surface area contributed by atoms with Crippen molar-refractivity contribution in [3.05, 3.63) is 53.2 Å². The Morgan fingerprint density at radius 1 is 1.35 bits per heavy atom. The van der Waals surface area contributed by atoms with Crippen molar-refractivity contribution in [2.75, 3.05) is 19.4 Å². The van der Waals surface area contributed by atoms with Crippen LogP contribution in [0.2, 0.25) is 0 Å². The highest BCUT2D eigenvalue weighted by atomic mass is 19.1. The quantitative estimate of drug-likeness (QED) is 0.434. The van der Waals surface area contributed by atoms with Gasteiger partial charge in [-0.3, -0.25) is 9.79 Å². The molecule has 8 nitrogen and oxygen atoms in total. The Hall–Kier alpha value is -3.33. The molecule has 0 aliphatic carbocycles. The Labute approximate surface area is 180 Å². The van der Waals surface area contributed by atoms with Crippen molar-refractivity contribution in [3.8, 4) is 0 Å². The van der Waals surface area contributed by atoms with E-state index in [4.69, 9.17) is 0 Å². The molecular formula is C22H27FN6O2. The SMILES string of the molecule is C/N=C(/c1cnc2[nH]cc(C(=O)NC(C)CC(C)(C)O)c2n1)c1ccc(F)cc1NC. The first-order valence-electron chi connectivity index (χ1n) is 9.95. The second-order valence-corrected chi connectivity index (χ2v) is 8.06. The molecule has 3 rings (SSSR count). The number of anilines is 1. The van der Waals surface area contributed by atoms with Crippen LogP contribution in [0.5, 0.6) is 0 Å². The van der Waals surface area contributed by atoms with E-state index in [9.17, 15) is 14.3 Å². The van der Waals surface area contributed by atoms with Gasteiger partial charge >= 0.3 is 0 Å². The number of aliphatic hydroxyl groups is 1. The standard InChI is InChI=1S/C22H27FN6O2/c1-12(9-22(2,3)31)28-21(30)15-10-26-20-19(15)29-17(11-27-20)18(25-5)14-7-6-13(23)8-16(14)24-4/h6-8,10-12,24,31H,9H2,1-5H3,(H,26,27)(H,28,30)/b25-18+. The summed E-state index contributed by atoms with van der Waals surface area (Å²) in [6.07, 6.45) is 3.52. The molecule has 2 aromatic heterocycles. The number of benzene rings is 1. The Balaban J connectivity index is 1.97. The molecule has 3 aromatic rings. The summed E-state index contributed by atoms with van der Waals surface area (Å²) >= 11 is 0. The summed E-state index contributed by atoms with van der Waals surface area (Å²) in [6.45, 7) is 5.22. The number of carbonyl (C=O) groups excluding carboxylic acids is 1. The van der Waals surface area contributed by atoms with Crippen LogP contribution in [0.4, 0.5) is 10.1 Å². The van der Waals surface area contributed by atoms with E-state index in [1.807, 2.05) is 6.92 Å². The highest BCUT2D eigenvalue weighted by Crippen LogP contribution is 2.22. The van der Waals surface area contributed by atoms with Gasteiger partial charge in [0.1, 0.15) is 17.0 Å². The first-order valence-corrected chi connectivity index (χ1v) is 9.95. The highest BCUT2D eigenvalue weighted by molar-refractivity contribution is 6.15. The van der Waals surface area contributed by atoms with Gasteiger partial charge < -0.3 is 20.7 Å². The van der Waals surface area contributed by atoms with Gasteiger partial charge in [0, 0.05) is 37.6 Å². The molecule has 1 amide bonds. The fourth-order valence-corrected chi connectivity index (χ4v) is 3.58. The zero-order valence-electron chi connectivity index (χ0n) is 18.2. The topological polar surface area (TPSA) is 115 Å². The third kappa shape index (κ3) is 5.05. The number of rotatable bonds is 7. The summed E-state index contributed by atoms with van der Waals surface area (Å²) in [5.41, 5.74) is 2.52. The van der Waals surface area contributed by atoms with Crippen LogP contribution in [0.3, 0.4) is 0 Å². The summed E-state index contributed by atoms with van der Waals surface area (Å²) in [4.78, 5) is 29.1. The smallest absolute Gasteiger partial charge is 0.255 e. The molecular weight excluding hydrogens is 399 g/mol. The van der Waals surface area contributed by atoms with Gasteiger partial charge in [0.25, 0.3) is 5.91 Å². The summed E-state index contributed by atoms with van der Waals surface area (Å²) in [5, 5.41) is 15.8. The Kier molecular flexibility index (Phi) is 6.35. The van der Waals surface area contributed by atoms with Gasteiger partial charge in [0.15, 0.2) is 5.65 Å². The first kappa shape index (κ1) is 22.4. The van der Waals surface area contributed by atoms with Crippen LogP contribution in [-0.2, 0) is 0 Å². The first-order chi connectivity index (χ1) is 14.6. The van der Waals surface area contributed by atoms with Gasteiger partial charge in [-0.25, -0.2) is 14.4 Å². The maximum Gasteiger partial charge on any atom is 0.255 e. The maximum absolute atomic E-state index is 13.6. The Morgan fingerprint density at radius 3 is 2.74 bits per heavy atom. The van der Waals surface area contributed by atoms with E-state index in [1.165, 1.54) is 12.1 Å². The lowest BCUT2D eigenvalue weighted by Crippen LogP contribution is -2.38. The highest BCUT2D eigenvalue weighted by Gasteiger charge is 2.22. The fourth-order valence-electron chi connectivity index (χ4n) is 3.58. The molecule has 4 N–H and O–H groups in total. The molecule has 1 unspecified atom stereocenters. The number of aromatic amines is 1. The predicted molar refractivity (Wildman–Crippen MR) is 119 cm³/mol. The normalized spacial score (nSPS) is 13.3. The minimum absolute atomic E-state index is 0.237. The lowest BCUT2D eigenvalue weighted by atomic mass is 10.00. The third-order valence-electron chi connectivity index (χ3n) is 4.78. The van der Waals surface area contributed by atoms with Crippen LogP contribution in [0.1, 0.15) is 48.8 Å². The molecule has 1 aromatic carbocycles. The minimum atomic E-state index is -0.896. The number of nitrogens with zero attached hydrogens (tertiary/aromatic N) is 3. The van der Waals surface area contributed by atoms with Gasteiger partial charge in [-0.1, -0.05) is 0 Å².